The molecule has 6 heteroatoms. The lowest BCUT2D eigenvalue weighted by molar-refractivity contribution is 0.488. The average Bonchev–Trinajstić information content (AvgIpc) is 2.26. The lowest BCUT2D eigenvalue weighted by atomic mass is 10.0. The van der Waals surface area contributed by atoms with Crippen LogP contribution in [0.3, 0.4) is 0 Å². The summed E-state index contributed by atoms with van der Waals surface area (Å²) in [6.45, 7) is 6.16. The second kappa shape index (κ2) is 7.29. The van der Waals surface area contributed by atoms with Gasteiger partial charge in [-0.05, 0) is 31.4 Å². The van der Waals surface area contributed by atoms with E-state index in [0.29, 0.717) is 5.92 Å². The Morgan fingerprint density at radius 3 is 2.45 bits per heavy atom. The van der Waals surface area contributed by atoms with Gasteiger partial charge < -0.3 is 5.73 Å². The Morgan fingerprint density at radius 1 is 1.25 bits per heavy atom. The zero-order valence-corrected chi connectivity index (χ0v) is 13.8. The van der Waals surface area contributed by atoms with Crippen LogP contribution in [0.25, 0.3) is 0 Å². The Kier molecular flexibility index (Phi) is 6.30. The zero-order chi connectivity index (χ0) is 15.3. The Bertz CT molecular complexity index is 524. The highest BCUT2D eigenvalue weighted by molar-refractivity contribution is 7.89. The van der Waals surface area contributed by atoms with Crippen LogP contribution in [0.15, 0.2) is 23.1 Å². The Morgan fingerprint density at radius 2 is 1.90 bits per heavy atom. The third-order valence-corrected chi connectivity index (χ3v) is 5.17. The van der Waals surface area contributed by atoms with Gasteiger partial charge in [0, 0.05) is 6.04 Å². The molecule has 0 fully saturated rings. The maximum absolute atomic E-state index is 12.3. The minimum atomic E-state index is -3.68. The van der Waals surface area contributed by atoms with Gasteiger partial charge in [0.1, 0.15) is 4.90 Å². The molecule has 0 heterocycles. The minimum Gasteiger partial charge on any atom is -0.398 e. The van der Waals surface area contributed by atoms with Crippen LogP contribution in [0.1, 0.15) is 40.0 Å². The van der Waals surface area contributed by atoms with Crippen LogP contribution >= 0.6 is 11.6 Å². The fourth-order valence-electron chi connectivity index (χ4n) is 2.02. The highest BCUT2D eigenvalue weighted by Gasteiger charge is 2.22. The molecule has 0 amide bonds. The summed E-state index contributed by atoms with van der Waals surface area (Å²) in [5.41, 5.74) is 5.89. The largest absolute Gasteiger partial charge is 0.398 e. The van der Waals surface area contributed by atoms with E-state index in [1.807, 2.05) is 6.92 Å². The van der Waals surface area contributed by atoms with Gasteiger partial charge in [0.05, 0.1) is 10.7 Å². The van der Waals surface area contributed by atoms with Gasteiger partial charge in [-0.2, -0.15) is 0 Å². The lowest BCUT2D eigenvalue weighted by Crippen LogP contribution is -2.33. The molecule has 0 spiro atoms. The van der Waals surface area contributed by atoms with Crippen LogP contribution in [0.2, 0.25) is 5.02 Å². The van der Waals surface area contributed by atoms with E-state index in [4.69, 9.17) is 17.3 Å². The van der Waals surface area contributed by atoms with Crippen molar-refractivity contribution >= 4 is 27.3 Å². The summed E-state index contributed by atoms with van der Waals surface area (Å²) in [6, 6.07) is 4.54. The van der Waals surface area contributed by atoms with Gasteiger partial charge in [0.2, 0.25) is 10.0 Å². The van der Waals surface area contributed by atoms with E-state index >= 15 is 0 Å². The number of rotatable bonds is 7. The van der Waals surface area contributed by atoms with Gasteiger partial charge in [-0.15, -0.1) is 0 Å². The number of anilines is 1. The van der Waals surface area contributed by atoms with Crippen LogP contribution in [0.4, 0.5) is 5.69 Å². The molecule has 1 rings (SSSR count). The summed E-state index contributed by atoms with van der Waals surface area (Å²) < 4.78 is 27.2. The molecule has 4 nitrogen and oxygen atoms in total. The molecule has 0 aromatic heterocycles. The van der Waals surface area contributed by atoms with Crippen LogP contribution in [0, 0.1) is 5.92 Å². The SMILES string of the molecule is CC(C)CCCC(C)NS(=O)(=O)c1c(N)cccc1Cl. The smallest absolute Gasteiger partial charge is 0.244 e. The molecule has 0 bridgehead atoms. The Labute approximate surface area is 126 Å². The van der Waals surface area contributed by atoms with Crippen LogP contribution in [-0.4, -0.2) is 14.5 Å². The number of nitrogens with two attached hydrogens (primary N) is 1. The highest BCUT2D eigenvalue weighted by atomic mass is 35.5. The minimum absolute atomic E-state index is 0.0302. The predicted octanol–water partition coefficient (Wildman–Crippen LogP) is 3.42. The van der Waals surface area contributed by atoms with Crippen molar-refractivity contribution in [1.82, 2.24) is 4.72 Å². The fourth-order valence-corrected chi connectivity index (χ4v) is 3.98. The van der Waals surface area contributed by atoms with Crippen LogP contribution in [-0.2, 0) is 10.0 Å². The summed E-state index contributed by atoms with van der Waals surface area (Å²) in [5.74, 6) is 0.623. The van der Waals surface area contributed by atoms with Crippen molar-refractivity contribution in [3.05, 3.63) is 23.2 Å². The van der Waals surface area contributed by atoms with Gasteiger partial charge in [-0.25, -0.2) is 13.1 Å². The molecule has 0 aliphatic heterocycles. The summed E-state index contributed by atoms with van der Waals surface area (Å²) >= 11 is 5.94. The van der Waals surface area contributed by atoms with E-state index < -0.39 is 10.0 Å². The number of hydrogen-bond acceptors (Lipinski definition) is 3. The van der Waals surface area contributed by atoms with E-state index in [2.05, 4.69) is 18.6 Å². The van der Waals surface area contributed by atoms with Crippen molar-refractivity contribution in [1.29, 1.82) is 0 Å². The molecule has 20 heavy (non-hydrogen) atoms. The third kappa shape index (κ3) is 4.96. The molecule has 0 saturated heterocycles. The maximum Gasteiger partial charge on any atom is 0.244 e. The first-order valence-electron chi connectivity index (χ1n) is 6.80. The molecule has 1 aromatic carbocycles. The molecular formula is C14H23ClN2O2S. The van der Waals surface area contributed by atoms with E-state index in [1.54, 1.807) is 6.07 Å². The highest BCUT2D eigenvalue weighted by Crippen LogP contribution is 2.27. The lowest BCUT2D eigenvalue weighted by Gasteiger charge is -2.16. The molecule has 1 atom stereocenters. The Hall–Kier alpha value is -0.780. The molecule has 1 unspecified atom stereocenters. The van der Waals surface area contributed by atoms with Gasteiger partial charge in [-0.3, -0.25) is 0 Å². The summed E-state index contributed by atoms with van der Waals surface area (Å²) in [5, 5.41) is 0.145. The molecule has 3 N–H and O–H groups in total. The number of hydrogen-bond donors (Lipinski definition) is 2. The number of nitrogen functional groups attached to an aromatic ring is 1. The molecule has 0 saturated carbocycles. The summed E-state index contributed by atoms with van der Waals surface area (Å²) in [7, 11) is -3.68. The van der Waals surface area contributed by atoms with E-state index in [0.717, 1.165) is 19.3 Å². The molecule has 0 radical (unpaired) electrons. The van der Waals surface area contributed by atoms with Crippen molar-refractivity contribution in [2.45, 2.75) is 51.0 Å². The van der Waals surface area contributed by atoms with Crippen molar-refractivity contribution in [2.24, 2.45) is 5.92 Å². The molecule has 0 aliphatic carbocycles. The third-order valence-electron chi connectivity index (χ3n) is 3.04. The molecular weight excluding hydrogens is 296 g/mol. The normalized spacial score (nSPS) is 13.7. The van der Waals surface area contributed by atoms with Crippen LogP contribution < -0.4 is 10.5 Å². The zero-order valence-electron chi connectivity index (χ0n) is 12.2. The predicted molar refractivity (Wildman–Crippen MR) is 84.3 cm³/mol. The standard InChI is InChI=1S/C14H23ClN2O2S/c1-10(2)6-4-7-11(3)17-20(18,19)14-12(15)8-5-9-13(14)16/h5,8-11,17H,4,6-7,16H2,1-3H3. The second-order valence-corrected chi connectivity index (χ2v) is 7.56. The first kappa shape index (κ1) is 17.3. The molecule has 114 valence electrons. The van der Waals surface area contributed by atoms with Crippen LogP contribution in [0.5, 0.6) is 0 Å². The van der Waals surface area contributed by atoms with E-state index in [9.17, 15) is 8.42 Å². The Balaban J connectivity index is 2.75. The van der Waals surface area contributed by atoms with E-state index in [1.165, 1.54) is 12.1 Å². The maximum atomic E-state index is 12.3. The van der Waals surface area contributed by atoms with E-state index in [-0.39, 0.29) is 21.6 Å². The molecule has 0 aliphatic rings. The summed E-state index contributed by atoms with van der Waals surface area (Å²) in [6.07, 6.45) is 2.86. The van der Waals surface area contributed by atoms with Crippen molar-refractivity contribution in [2.75, 3.05) is 5.73 Å². The van der Waals surface area contributed by atoms with Crippen molar-refractivity contribution in [3.63, 3.8) is 0 Å². The first-order chi connectivity index (χ1) is 9.24. The average molecular weight is 319 g/mol. The second-order valence-electron chi connectivity index (χ2n) is 5.51. The number of halogens is 1. The van der Waals surface area contributed by atoms with Gasteiger partial charge in [0.15, 0.2) is 0 Å². The van der Waals surface area contributed by atoms with Gasteiger partial charge in [-0.1, -0.05) is 44.4 Å². The topological polar surface area (TPSA) is 72.2 Å². The summed E-state index contributed by atoms with van der Waals surface area (Å²) in [4.78, 5) is -0.0302. The first-order valence-corrected chi connectivity index (χ1v) is 8.66. The monoisotopic (exact) mass is 318 g/mol. The van der Waals surface area contributed by atoms with Crippen molar-refractivity contribution in [3.8, 4) is 0 Å². The fraction of sp³-hybridized carbons (Fsp3) is 0.571. The number of nitrogens with one attached hydrogen (secondary N) is 1. The molecule has 1 aromatic rings. The van der Waals surface area contributed by atoms with Gasteiger partial charge >= 0.3 is 0 Å². The van der Waals surface area contributed by atoms with Gasteiger partial charge in [0.25, 0.3) is 0 Å². The van der Waals surface area contributed by atoms with Crippen molar-refractivity contribution < 1.29 is 8.42 Å². The number of sulfonamides is 1. The quantitative estimate of drug-likeness (QED) is 0.757. The number of benzene rings is 1.